The van der Waals surface area contributed by atoms with Crippen molar-refractivity contribution in [1.82, 2.24) is 5.32 Å². The lowest BCUT2D eigenvalue weighted by Crippen LogP contribution is -2.29. The van der Waals surface area contributed by atoms with E-state index in [0.717, 1.165) is 18.9 Å². The van der Waals surface area contributed by atoms with E-state index in [2.05, 4.69) is 57.3 Å². The van der Waals surface area contributed by atoms with Crippen LogP contribution in [0.1, 0.15) is 77.0 Å². The third-order valence-electron chi connectivity index (χ3n) is 4.12. The molecule has 0 amide bonds. The second-order valence-corrected chi connectivity index (χ2v) is 5.87. The molecule has 1 aromatic carbocycles. The summed E-state index contributed by atoms with van der Waals surface area (Å²) in [6.45, 7) is 10.2. The van der Waals surface area contributed by atoms with E-state index in [1.807, 2.05) is 0 Å². The van der Waals surface area contributed by atoms with E-state index in [1.165, 1.54) is 43.2 Å². The Morgan fingerprint density at radius 3 is 2.20 bits per heavy atom. The van der Waals surface area contributed by atoms with E-state index < -0.39 is 0 Å². The normalized spacial score (nSPS) is 12.8. The van der Waals surface area contributed by atoms with Crippen LogP contribution in [0.5, 0.6) is 0 Å². The van der Waals surface area contributed by atoms with Crippen molar-refractivity contribution in [2.75, 3.05) is 6.54 Å². The number of rotatable bonds is 10. The highest BCUT2D eigenvalue weighted by atomic mass is 14.9. The standard InChI is InChI=1S/C19H33N/c1-5-10-17(11-6-2)19(20-14-7-3)18-13-9-12-16(8-4)15-18/h9,12-13,15,17,19-20H,5-8,10-11,14H2,1-4H3. The van der Waals surface area contributed by atoms with E-state index in [-0.39, 0.29) is 0 Å². The smallest absolute Gasteiger partial charge is 0.0348 e. The lowest BCUT2D eigenvalue weighted by Gasteiger charge is -2.29. The largest absolute Gasteiger partial charge is 0.310 e. The molecule has 1 aromatic rings. The molecule has 0 radical (unpaired) electrons. The molecule has 0 saturated heterocycles. The summed E-state index contributed by atoms with van der Waals surface area (Å²) in [5.41, 5.74) is 2.95. The van der Waals surface area contributed by atoms with Crippen LogP contribution in [0.25, 0.3) is 0 Å². The molecule has 0 fully saturated rings. The van der Waals surface area contributed by atoms with Gasteiger partial charge in [-0.05, 0) is 49.3 Å². The SMILES string of the molecule is CCCNC(c1cccc(CC)c1)C(CCC)CCC. The van der Waals surface area contributed by atoms with E-state index in [0.29, 0.717) is 6.04 Å². The van der Waals surface area contributed by atoms with Crippen LogP contribution in [0.4, 0.5) is 0 Å². The Kier molecular flexibility index (Phi) is 8.60. The average molecular weight is 275 g/mol. The molecule has 20 heavy (non-hydrogen) atoms. The predicted molar refractivity (Wildman–Crippen MR) is 90.2 cm³/mol. The van der Waals surface area contributed by atoms with Gasteiger partial charge in [0.25, 0.3) is 0 Å². The Balaban J connectivity index is 2.94. The first-order valence-corrected chi connectivity index (χ1v) is 8.58. The fraction of sp³-hybridized carbons (Fsp3) is 0.684. The lowest BCUT2D eigenvalue weighted by atomic mass is 9.85. The molecule has 0 aromatic heterocycles. The third kappa shape index (κ3) is 5.28. The summed E-state index contributed by atoms with van der Waals surface area (Å²) in [5, 5.41) is 3.81. The molecule has 0 aliphatic heterocycles. The monoisotopic (exact) mass is 275 g/mol. The summed E-state index contributed by atoms with van der Waals surface area (Å²) in [5.74, 6) is 0.767. The van der Waals surface area contributed by atoms with Crippen molar-refractivity contribution in [1.29, 1.82) is 0 Å². The van der Waals surface area contributed by atoms with Crippen molar-refractivity contribution in [3.63, 3.8) is 0 Å². The molecule has 1 nitrogen and oxygen atoms in total. The Morgan fingerprint density at radius 1 is 0.950 bits per heavy atom. The quantitative estimate of drug-likeness (QED) is 0.594. The number of hydrogen-bond donors (Lipinski definition) is 1. The highest BCUT2D eigenvalue weighted by molar-refractivity contribution is 5.26. The zero-order valence-electron chi connectivity index (χ0n) is 13.9. The third-order valence-corrected chi connectivity index (χ3v) is 4.12. The summed E-state index contributed by atoms with van der Waals surface area (Å²) in [7, 11) is 0. The van der Waals surface area contributed by atoms with Gasteiger partial charge in [0.1, 0.15) is 0 Å². The van der Waals surface area contributed by atoms with Crippen molar-refractivity contribution in [3.05, 3.63) is 35.4 Å². The summed E-state index contributed by atoms with van der Waals surface area (Å²) in [6, 6.07) is 9.72. The molecular formula is C19H33N. The van der Waals surface area contributed by atoms with E-state index in [9.17, 15) is 0 Å². The Bertz CT molecular complexity index is 353. The van der Waals surface area contributed by atoms with Gasteiger partial charge in [0.15, 0.2) is 0 Å². The molecule has 1 N–H and O–H groups in total. The highest BCUT2D eigenvalue weighted by Crippen LogP contribution is 2.30. The van der Waals surface area contributed by atoms with Crippen molar-refractivity contribution < 1.29 is 0 Å². The maximum atomic E-state index is 3.81. The van der Waals surface area contributed by atoms with Crippen LogP contribution in [-0.4, -0.2) is 6.54 Å². The van der Waals surface area contributed by atoms with Gasteiger partial charge in [-0.2, -0.15) is 0 Å². The second-order valence-electron chi connectivity index (χ2n) is 5.87. The van der Waals surface area contributed by atoms with Gasteiger partial charge in [0.05, 0.1) is 0 Å². The van der Waals surface area contributed by atoms with Gasteiger partial charge in [-0.15, -0.1) is 0 Å². The van der Waals surface area contributed by atoms with Crippen LogP contribution < -0.4 is 5.32 Å². The number of aryl methyl sites for hydroxylation is 1. The van der Waals surface area contributed by atoms with E-state index in [4.69, 9.17) is 0 Å². The zero-order valence-corrected chi connectivity index (χ0v) is 13.9. The van der Waals surface area contributed by atoms with Gasteiger partial charge in [0, 0.05) is 6.04 Å². The summed E-state index contributed by atoms with van der Waals surface area (Å²) < 4.78 is 0. The average Bonchev–Trinajstić information content (AvgIpc) is 2.48. The summed E-state index contributed by atoms with van der Waals surface area (Å²) in [4.78, 5) is 0. The molecule has 0 bridgehead atoms. The van der Waals surface area contributed by atoms with Gasteiger partial charge < -0.3 is 5.32 Å². The molecule has 1 atom stereocenters. The Hall–Kier alpha value is -0.820. The first-order chi connectivity index (χ1) is 9.76. The minimum Gasteiger partial charge on any atom is -0.310 e. The van der Waals surface area contributed by atoms with Crippen LogP contribution >= 0.6 is 0 Å². The number of hydrogen-bond acceptors (Lipinski definition) is 1. The van der Waals surface area contributed by atoms with Crippen LogP contribution in [-0.2, 0) is 6.42 Å². The maximum absolute atomic E-state index is 3.81. The molecule has 114 valence electrons. The first kappa shape index (κ1) is 17.2. The van der Waals surface area contributed by atoms with Gasteiger partial charge in [-0.1, -0.05) is 64.8 Å². The number of nitrogens with one attached hydrogen (secondary N) is 1. The van der Waals surface area contributed by atoms with Gasteiger partial charge >= 0.3 is 0 Å². The van der Waals surface area contributed by atoms with Gasteiger partial charge in [0.2, 0.25) is 0 Å². The first-order valence-electron chi connectivity index (χ1n) is 8.58. The maximum Gasteiger partial charge on any atom is 0.0348 e. The zero-order chi connectivity index (χ0) is 14.8. The summed E-state index contributed by atoms with van der Waals surface area (Å²) >= 11 is 0. The van der Waals surface area contributed by atoms with Crippen LogP contribution in [0.3, 0.4) is 0 Å². The molecular weight excluding hydrogens is 242 g/mol. The predicted octanol–water partition coefficient (Wildman–Crippen LogP) is 5.51. The molecule has 1 rings (SSSR count). The molecule has 0 saturated carbocycles. The molecule has 0 aliphatic carbocycles. The van der Waals surface area contributed by atoms with Crippen molar-refractivity contribution in [3.8, 4) is 0 Å². The van der Waals surface area contributed by atoms with Crippen LogP contribution in [0.15, 0.2) is 24.3 Å². The molecule has 0 spiro atoms. The van der Waals surface area contributed by atoms with Crippen molar-refractivity contribution in [2.24, 2.45) is 5.92 Å². The van der Waals surface area contributed by atoms with E-state index >= 15 is 0 Å². The Morgan fingerprint density at radius 2 is 1.65 bits per heavy atom. The molecule has 0 aliphatic rings. The second kappa shape index (κ2) is 9.99. The molecule has 1 unspecified atom stereocenters. The van der Waals surface area contributed by atoms with Gasteiger partial charge in [-0.3, -0.25) is 0 Å². The summed E-state index contributed by atoms with van der Waals surface area (Å²) in [6.07, 6.45) is 7.54. The molecule has 0 heterocycles. The fourth-order valence-corrected chi connectivity index (χ4v) is 3.08. The number of benzene rings is 1. The minimum atomic E-state index is 0.529. The Labute approximate surface area is 126 Å². The van der Waals surface area contributed by atoms with E-state index in [1.54, 1.807) is 0 Å². The van der Waals surface area contributed by atoms with Crippen LogP contribution in [0.2, 0.25) is 0 Å². The lowest BCUT2D eigenvalue weighted by molar-refractivity contribution is 0.316. The minimum absolute atomic E-state index is 0.529. The van der Waals surface area contributed by atoms with Crippen molar-refractivity contribution >= 4 is 0 Å². The topological polar surface area (TPSA) is 12.0 Å². The highest BCUT2D eigenvalue weighted by Gasteiger charge is 2.21. The van der Waals surface area contributed by atoms with Crippen LogP contribution in [0, 0.1) is 5.92 Å². The van der Waals surface area contributed by atoms with Gasteiger partial charge in [-0.25, -0.2) is 0 Å². The van der Waals surface area contributed by atoms with Crippen molar-refractivity contribution in [2.45, 2.75) is 72.3 Å². The fourth-order valence-electron chi connectivity index (χ4n) is 3.08. The molecule has 1 heteroatoms.